The summed E-state index contributed by atoms with van der Waals surface area (Å²) in [5.74, 6) is 0.293. The maximum Gasteiger partial charge on any atom is 0.275 e. The molecule has 0 aliphatic rings. The Morgan fingerprint density at radius 3 is 2.56 bits per heavy atom. The van der Waals surface area contributed by atoms with Crippen LogP contribution >= 0.6 is 0 Å². The van der Waals surface area contributed by atoms with E-state index in [4.69, 9.17) is 11.0 Å². The van der Waals surface area contributed by atoms with Gasteiger partial charge in [0.15, 0.2) is 11.4 Å². The summed E-state index contributed by atoms with van der Waals surface area (Å²) in [6.07, 6.45) is 0. The molecule has 16 heavy (non-hydrogen) atoms. The Balaban J connectivity index is 2.70. The normalized spacial score (nSPS) is 10.6. The van der Waals surface area contributed by atoms with E-state index in [-0.39, 0.29) is 17.1 Å². The zero-order valence-corrected chi connectivity index (χ0v) is 9.07. The minimum absolute atomic E-state index is 0.0735. The molecule has 1 N–H and O–H groups in total. The number of aromatic hydroxyl groups is 1. The molecular formula is C13H11O3+. The summed E-state index contributed by atoms with van der Waals surface area (Å²) in [7, 11) is 0. The number of carbonyl (C=O) groups excluding carboxylic acids is 1. The highest BCUT2D eigenvalue weighted by molar-refractivity contribution is 6.00. The third-order valence-electron chi connectivity index (χ3n) is 2.40. The third-order valence-corrected chi connectivity index (χ3v) is 2.40. The molecule has 0 atom stereocenters. The number of benzene rings is 1. The molecule has 0 aliphatic carbocycles. The van der Waals surface area contributed by atoms with E-state index in [1.54, 1.807) is 19.1 Å². The fourth-order valence-corrected chi connectivity index (χ4v) is 1.55. The second-order valence-electron chi connectivity index (χ2n) is 3.76. The van der Waals surface area contributed by atoms with Gasteiger partial charge in [0.2, 0.25) is 5.57 Å². The summed E-state index contributed by atoms with van der Waals surface area (Å²) in [5.41, 5.74) is 1.36. The molecule has 3 heteroatoms. The zero-order chi connectivity index (χ0) is 11.9. The summed E-state index contributed by atoms with van der Waals surface area (Å²) in [6.45, 7) is 8.74. The Morgan fingerprint density at radius 1 is 1.31 bits per heavy atom. The summed E-state index contributed by atoms with van der Waals surface area (Å²) < 4.78 is 5.41. The third kappa shape index (κ3) is 1.58. The van der Waals surface area contributed by atoms with E-state index in [1.807, 2.05) is 0 Å². The maximum absolute atomic E-state index is 11.2. The van der Waals surface area contributed by atoms with Gasteiger partial charge in [0.25, 0.3) is 5.76 Å². The van der Waals surface area contributed by atoms with Gasteiger partial charge in [-0.2, -0.15) is 0 Å². The van der Waals surface area contributed by atoms with Crippen LogP contribution in [-0.2, 0) is 0 Å². The van der Waals surface area contributed by atoms with Crippen LogP contribution in [0.5, 0.6) is 5.75 Å². The number of rotatable bonds is 2. The Bertz CT molecular complexity index is 590. The molecule has 2 rings (SSSR count). The molecule has 1 heterocycles. The molecule has 0 bridgehead atoms. The summed E-state index contributed by atoms with van der Waals surface area (Å²) in [5, 5.41) is 10.4. The van der Waals surface area contributed by atoms with E-state index in [0.717, 1.165) is 5.39 Å². The van der Waals surface area contributed by atoms with Crippen LogP contribution in [0.15, 0.2) is 22.6 Å². The number of phenols is 1. The summed E-state index contributed by atoms with van der Waals surface area (Å²) in [4.78, 5) is 11.2. The number of fused-ring (bicyclic) bond motifs is 1. The highest BCUT2D eigenvalue weighted by Gasteiger charge is 2.16. The van der Waals surface area contributed by atoms with Crippen LogP contribution in [0.3, 0.4) is 0 Å². The summed E-state index contributed by atoms with van der Waals surface area (Å²) >= 11 is 0. The smallest absolute Gasteiger partial charge is 0.275 e. The first kappa shape index (κ1) is 10.4. The fraction of sp³-hybridized carbons (Fsp3) is 0.154. The van der Waals surface area contributed by atoms with Gasteiger partial charge >= 0.3 is 0 Å². The number of furan rings is 1. The molecule has 80 valence electrons. The standard InChI is InChI=1S/C13H10O3/c1-7(2)12-5-9-4-10(8(3)14)11(15)6-13(9)16-12/h1,4-6H,2-3H3/p+1. The molecule has 0 unspecified atom stereocenters. The topological polar surface area (TPSA) is 50.4 Å². The molecule has 0 saturated heterocycles. The minimum Gasteiger partial charge on any atom is -0.507 e. The van der Waals surface area contributed by atoms with Crippen LogP contribution in [0.25, 0.3) is 16.5 Å². The first-order valence-corrected chi connectivity index (χ1v) is 4.86. The number of Topliss-reactive ketones (excluding diaryl/α,β-unsaturated/α-hetero) is 1. The second-order valence-corrected chi connectivity index (χ2v) is 3.76. The monoisotopic (exact) mass is 215 g/mol. The van der Waals surface area contributed by atoms with Crippen LogP contribution in [0, 0.1) is 6.58 Å². The average Bonchev–Trinajstić information content (AvgIpc) is 2.58. The Labute approximate surface area is 93.0 Å². The van der Waals surface area contributed by atoms with E-state index in [9.17, 15) is 9.90 Å². The van der Waals surface area contributed by atoms with Gasteiger partial charge in [-0.05, 0) is 13.0 Å². The summed E-state index contributed by atoms with van der Waals surface area (Å²) in [6, 6.07) is 4.78. The molecule has 1 aromatic heterocycles. The van der Waals surface area contributed by atoms with E-state index >= 15 is 0 Å². The molecule has 2 aromatic rings. The highest BCUT2D eigenvalue weighted by Crippen LogP contribution is 2.29. The predicted octanol–water partition coefficient (Wildman–Crippen LogP) is 3.18. The Morgan fingerprint density at radius 2 is 2.00 bits per heavy atom. The lowest BCUT2D eigenvalue weighted by molar-refractivity contribution is 0.101. The Kier molecular flexibility index (Phi) is 2.26. The quantitative estimate of drug-likeness (QED) is 0.618. The van der Waals surface area contributed by atoms with Crippen molar-refractivity contribution in [2.45, 2.75) is 13.8 Å². The molecule has 3 nitrogen and oxygen atoms in total. The SMILES string of the molecule is [CH+]=C(C)c1cc2cc(C(C)=O)c(O)cc2o1. The van der Waals surface area contributed by atoms with Crippen LogP contribution in [-0.4, -0.2) is 10.9 Å². The number of ketones is 1. The van der Waals surface area contributed by atoms with Crippen LogP contribution in [0.4, 0.5) is 0 Å². The number of carbonyl (C=O) groups is 1. The van der Waals surface area contributed by atoms with E-state index in [1.165, 1.54) is 13.0 Å². The molecule has 0 aliphatic heterocycles. The van der Waals surface area contributed by atoms with Crippen molar-refractivity contribution in [3.8, 4) is 5.75 Å². The van der Waals surface area contributed by atoms with Crippen LogP contribution in [0.1, 0.15) is 30.0 Å². The van der Waals surface area contributed by atoms with E-state index in [0.29, 0.717) is 16.9 Å². The van der Waals surface area contributed by atoms with Crippen molar-refractivity contribution in [1.29, 1.82) is 0 Å². The lowest BCUT2D eigenvalue weighted by atomic mass is 10.1. The van der Waals surface area contributed by atoms with Crippen molar-refractivity contribution >= 4 is 22.3 Å². The maximum atomic E-state index is 11.2. The Hall–Kier alpha value is -2.12. The number of phenolic OH excluding ortho intramolecular Hbond substituents is 1. The first-order valence-electron chi connectivity index (χ1n) is 4.86. The number of hydrogen-bond donors (Lipinski definition) is 1. The first-order chi connectivity index (χ1) is 7.49. The fourth-order valence-electron chi connectivity index (χ4n) is 1.55. The van der Waals surface area contributed by atoms with Gasteiger partial charge in [-0.15, -0.1) is 0 Å². The zero-order valence-electron chi connectivity index (χ0n) is 9.07. The molecule has 0 radical (unpaired) electrons. The van der Waals surface area contributed by atoms with Crippen LogP contribution < -0.4 is 0 Å². The molecular weight excluding hydrogens is 204 g/mol. The average molecular weight is 215 g/mol. The lowest BCUT2D eigenvalue weighted by Gasteiger charge is -1.98. The van der Waals surface area contributed by atoms with Crippen LogP contribution in [0.2, 0.25) is 0 Å². The van der Waals surface area contributed by atoms with Crippen molar-refractivity contribution in [2.24, 2.45) is 0 Å². The largest absolute Gasteiger partial charge is 0.507 e. The molecule has 1 aromatic carbocycles. The number of hydrogen-bond acceptors (Lipinski definition) is 3. The number of allylic oxidation sites excluding steroid dienone is 1. The predicted molar refractivity (Wildman–Crippen MR) is 61.3 cm³/mol. The van der Waals surface area contributed by atoms with E-state index < -0.39 is 0 Å². The van der Waals surface area contributed by atoms with Gasteiger partial charge < -0.3 is 9.52 Å². The van der Waals surface area contributed by atoms with Crippen molar-refractivity contribution < 1.29 is 14.3 Å². The minimum atomic E-state index is -0.185. The van der Waals surface area contributed by atoms with Gasteiger partial charge in [0.1, 0.15) is 5.75 Å². The van der Waals surface area contributed by atoms with Gasteiger partial charge in [0.05, 0.1) is 18.2 Å². The van der Waals surface area contributed by atoms with Crippen molar-refractivity contribution in [1.82, 2.24) is 0 Å². The van der Waals surface area contributed by atoms with Crippen molar-refractivity contribution in [3.05, 3.63) is 36.1 Å². The second kappa shape index (κ2) is 3.47. The molecule has 0 amide bonds. The van der Waals surface area contributed by atoms with Gasteiger partial charge in [-0.1, -0.05) is 0 Å². The molecule has 0 saturated carbocycles. The van der Waals surface area contributed by atoms with Gasteiger partial charge in [0, 0.05) is 18.4 Å². The lowest BCUT2D eigenvalue weighted by Crippen LogP contribution is -1.91. The van der Waals surface area contributed by atoms with Crippen molar-refractivity contribution in [3.63, 3.8) is 0 Å². The molecule has 0 fully saturated rings. The highest BCUT2D eigenvalue weighted by atomic mass is 16.3. The van der Waals surface area contributed by atoms with E-state index in [2.05, 4.69) is 0 Å². The van der Waals surface area contributed by atoms with Crippen molar-refractivity contribution in [2.75, 3.05) is 0 Å². The van der Waals surface area contributed by atoms with Gasteiger partial charge in [-0.25, -0.2) is 0 Å². The molecule has 0 spiro atoms. The van der Waals surface area contributed by atoms with Gasteiger partial charge in [-0.3, -0.25) is 4.79 Å².